The topological polar surface area (TPSA) is 300 Å². The van der Waals surface area contributed by atoms with Gasteiger partial charge in [0.1, 0.15) is 24.4 Å². The van der Waals surface area contributed by atoms with Crippen molar-refractivity contribution in [3.63, 3.8) is 0 Å². The third-order valence-electron chi connectivity index (χ3n) is 8.97. The molecule has 2 saturated heterocycles. The molecule has 17 N–H and O–H groups in total. The maximum absolute atomic E-state index is 12.9. The van der Waals surface area contributed by atoms with E-state index in [-0.39, 0.29) is 18.9 Å². The molecular formula is C25H49N7O9. The van der Waals surface area contributed by atoms with E-state index in [1.807, 2.05) is 0 Å². The summed E-state index contributed by atoms with van der Waals surface area (Å²) in [5.41, 5.74) is 28.6. The Morgan fingerprint density at radius 3 is 2.37 bits per heavy atom. The van der Waals surface area contributed by atoms with Crippen molar-refractivity contribution in [2.24, 2.45) is 34.6 Å². The van der Waals surface area contributed by atoms with E-state index in [1.165, 1.54) is 0 Å². The van der Waals surface area contributed by atoms with Crippen LogP contribution in [0.15, 0.2) is 0 Å². The summed E-state index contributed by atoms with van der Waals surface area (Å²) in [5, 5.41) is 58.8. The van der Waals surface area contributed by atoms with Gasteiger partial charge < -0.3 is 79.0 Å². The van der Waals surface area contributed by atoms with Crippen LogP contribution in [0.5, 0.6) is 0 Å². The maximum Gasteiger partial charge on any atom is 0.253 e. The summed E-state index contributed by atoms with van der Waals surface area (Å²) in [6, 6.07) is -4.00. The van der Waals surface area contributed by atoms with Crippen LogP contribution in [0.3, 0.4) is 0 Å². The van der Waals surface area contributed by atoms with Crippen molar-refractivity contribution in [1.82, 2.24) is 10.6 Å². The van der Waals surface area contributed by atoms with Gasteiger partial charge in [-0.3, -0.25) is 4.79 Å². The van der Waals surface area contributed by atoms with E-state index in [4.69, 9.17) is 42.9 Å². The van der Waals surface area contributed by atoms with E-state index >= 15 is 0 Å². The number of aliphatic hydroxyl groups excluding tert-OH is 4. The second-order valence-electron chi connectivity index (χ2n) is 12.0. The zero-order valence-corrected chi connectivity index (χ0v) is 23.2. The lowest BCUT2D eigenvalue weighted by molar-refractivity contribution is -0.306. The van der Waals surface area contributed by atoms with E-state index in [9.17, 15) is 30.3 Å². The number of carbonyl (C=O) groups is 1. The first-order valence-corrected chi connectivity index (χ1v) is 14.5. The minimum absolute atomic E-state index is 0.0785. The Bertz CT molecular complexity index is 877. The van der Waals surface area contributed by atoms with Gasteiger partial charge in [0.05, 0.1) is 37.0 Å². The third-order valence-corrected chi connectivity index (χ3v) is 8.97. The number of ether oxygens (including phenoxy) is 3. The molecule has 41 heavy (non-hydrogen) atoms. The number of amides is 1. The molecule has 15 atom stereocenters. The molecule has 15 unspecified atom stereocenters. The van der Waals surface area contributed by atoms with Crippen molar-refractivity contribution in [1.29, 1.82) is 0 Å². The van der Waals surface area contributed by atoms with Crippen LogP contribution in [-0.2, 0) is 19.0 Å². The van der Waals surface area contributed by atoms with E-state index in [0.717, 1.165) is 13.0 Å². The minimum Gasteiger partial charge on any atom is -0.394 e. The SMILES string of the molecule is NCCCNCC1CCC(N)C(C2C(N)CC(NC(=O)C3(O)CC3N)C(OC3OC(CO)C(O)C(N)C3O)C2O)O1. The molecule has 0 aromatic carbocycles. The smallest absolute Gasteiger partial charge is 0.253 e. The molecule has 16 heteroatoms. The van der Waals surface area contributed by atoms with Crippen molar-refractivity contribution in [2.45, 2.75) is 117 Å². The number of nitrogens with two attached hydrogens (primary N) is 5. The third kappa shape index (κ3) is 7.02. The molecule has 0 aromatic rings. The Balaban J connectivity index is 1.54. The highest BCUT2D eigenvalue weighted by Gasteiger charge is 2.59. The van der Waals surface area contributed by atoms with Crippen LogP contribution in [-0.4, -0.2) is 143 Å². The average Bonchev–Trinajstić information content (AvgIpc) is 3.57. The number of aliphatic hydroxyl groups is 5. The molecule has 16 nitrogen and oxygen atoms in total. The van der Waals surface area contributed by atoms with Crippen LogP contribution < -0.4 is 39.3 Å². The summed E-state index contributed by atoms with van der Waals surface area (Å²) in [6.45, 7) is 1.28. The van der Waals surface area contributed by atoms with Gasteiger partial charge in [0, 0.05) is 37.0 Å². The van der Waals surface area contributed by atoms with Gasteiger partial charge in [0.2, 0.25) is 0 Å². The summed E-state index contributed by atoms with van der Waals surface area (Å²) in [4.78, 5) is 12.9. The highest BCUT2D eigenvalue weighted by molar-refractivity contribution is 5.89. The van der Waals surface area contributed by atoms with Gasteiger partial charge in [0.25, 0.3) is 5.91 Å². The van der Waals surface area contributed by atoms with E-state index < -0.39 is 97.2 Å². The average molecular weight is 592 g/mol. The first-order valence-electron chi connectivity index (χ1n) is 14.5. The van der Waals surface area contributed by atoms with Crippen LogP contribution in [0.4, 0.5) is 0 Å². The minimum atomic E-state index is -1.75. The van der Waals surface area contributed by atoms with Gasteiger partial charge in [-0.05, 0) is 38.8 Å². The monoisotopic (exact) mass is 591 g/mol. The number of hydrogen-bond acceptors (Lipinski definition) is 15. The van der Waals surface area contributed by atoms with Crippen molar-refractivity contribution in [3.05, 3.63) is 0 Å². The molecule has 0 bridgehead atoms. The quantitative estimate of drug-likeness (QED) is 0.0994. The zero-order chi connectivity index (χ0) is 30.1. The summed E-state index contributed by atoms with van der Waals surface area (Å²) in [7, 11) is 0. The van der Waals surface area contributed by atoms with Gasteiger partial charge in [-0.2, -0.15) is 0 Å². The zero-order valence-electron chi connectivity index (χ0n) is 23.2. The lowest BCUT2D eigenvalue weighted by atomic mass is 9.72. The molecule has 238 valence electrons. The number of carbonyl (C=O) groups excluding carboxylic acids is 1. The van der Waals surface area contributed by atoms with Gasteiger partial charge in [-0.1, -0.05) is 0 Å². The lowest BCUT2D eigenvalue weighted by Crippen LogP contribution is -2.69. The van der Waals surface area contributed by atoms with Gasteiger partial charge in [-0.15, -0.1) is 0 Å². The molecule has 4 rings (SSSR count). The van der Waals surface area contributed by atoms with Crippen molar-refractivity contribution >= 4 is 5.91 Å². The molecule has 0 aromatic heterocycles. The highest BCUT2D eigenvalue weighted by atomic mass is 16.7. The predicted octanol–water partition coefficient (Wildman–Crippen LogP) is -6.39. The Morgan fingerprint density at radius 1 is 1.02 bits per heavy atom. The normalized spacial score (nSPS) is 48.5. The maximum atomic E-state index is 12.9. The molecule has 2 aliphatic heterocycles. The first kappa shape index (κ1) is 32.8. The number of rotatable bonds is 11. The molecule has 2 heterocycles. The second-order valence-corrected chi connectivity index (χ2v) is 12.0. The highest BCUT2D eigenvalue weighted by Crippen LogP contribution is 2.38. The molecule has 0 spiro atoms. The Kier molecular flexibility index (Phi) is 11.0. The fourth-order valence-electron chi connectivity index (χ4n) is 6.21. The number of hydrogen-bond donors (Lipinski definition) is 12. The first-order chi connectivity index (χ1) is 19.4. The van der Waals surface area contributed by atoms with Crippen LogP contribution in [0.25, 0.3) is 0 Å². The van der Waals surface area contributed by atoms with Crippen LogP contribution in [0, 0.1) is 5.92 Å². The van der Waals surface area contributed by atoms with E-state index in [2.05, 4.69) is 10.6 Å². The van der Waals surface area contributed by atoms with Crippen molar-refractivity contribution in [2.75, 3.05) is 26.2 Å². The Morgan fingerprint density at radius 2 is 1.73 bits per heavy atom. The Hall–Kier alpha value is -1.09. The summed E-state index contributed by atoms with van der Waals surface area (Å²) in [6.07, 6.45) is -6.56. The van der Waals surface area contributed by atoms with Crippen molar-refractivity contribution < 1.29 is 44.5 Å². The lowest BCUT2D eigenvalue weighted by Gasteiger charge is -2.51. The molecule has 2 aliphatic carbocycles. The summed E-state index contributed by atoms with van der Waals surface area (Å²) >= 11 is 0. The molecular weight excluding hydrogens is 542 g/mol. The van der Waals surface area contributed by atoms with Gasteiger partial charge in [-0.25, -0.2) is 0 Å². The predicted molar refractivity (Wildman–Crippen MR) is 145 cm³/mol. The molecule has 4 aliphatic rings. The molecule has 4 fully saturated rings. The van der Waals surface area contributed by atoms with E-state index in [1.54, 1.807) is 0 Å². The van der Waals surface area contributed by atoms with E-state index in [0.29, 0.717) is 25.9 Å². The standard InChI is InChI=1S/C25H49N7O9/c26-4-1-5-31-8-10-2-3-11(27)21(39-10)16-12(28)6-13(32-24(37)25(38)7-15(25)29)22(19(16)35)41-23-20(36)17(30)18(34)14(9-33)40-23/h10-23,31,33-36,38H,1-9,26-30H2,(H,32,37). The van der Waals surface area contributed by atoms with Crippen LogP contribution in [0.2, 0.25) is 0 Å². The summed E-state index contributed by atoms with van der Waals surface area (Å²) in [5.74, 6) is -1.46. The van der Waals surface area contributed by atoms with Crippen LogP contribution >= 0.6 is 0 Å². The van der Waals surface area contributed by atoms with Crippen molar-refractivity contribution in [3.8, 4) is 0 Å². The summed E-state index contributed by atoms with van der Waals surface area (Å²) < 4.78 is 18.0. The Labute approximate surface area is 239 Å². The fourth-order valence-corrected chi connectivity index (χ4v) is 6.21. The number of nitrogens with one attached hydrogen (secondary N) is 2. The fraction of sp³-hybridized carbons (Fsp3) is 0.960. The van der Waals surface area contributed by atoms with Crippen LogP contribution in [0.1, 0.15) is 32.1 Å². The van der Waals surface area contributed by atoms with Gasteiger partial charge >= 0.3 is 0 Å². The molecule has 2 saturated carbocycles. The largest absolute Gasteiger partial charge is 0.394 e. The van der Waals surface area contributed by atoms with Gasteiger partial charge in [0.15, 0.2) is 11.9 Å². The molecule has 0 radical (unpaired) electrons. The molecule has 1 amide bonds. The second kappa shape index (κ2) is 13.7.